The molecule has 1 heterocycles. The average molecular weight is 234 g/mol. The van der Waals surface area contributed by atoms with Crippen molar-refractivity contribution in [3.05, 3.63) is 42.5 Å². The number of hydrogen-bond donors (Lipinski definition) is 0. The number of nitrogens with zero attached hydrogens (tertiary/aromatic N) is 2. The van der Waals surface area contributed by atoms with Gasteiger partial charge in [-0.25, -0.2) is 9.98 Å². The molecule has 4 nitrogen and oxygen atoms in total. The molecule has 0 atom stereocenters. The fraction of sp³-hybridized carbons (Fsp3) is 0. The summed E-state index contributed by atoms with van der Waals surface area (Å²) in [6.45, 7) is 3.63. The minimum absolute atomic E-state index is 0.148. The summed E-state index contributed by atoms with van der Waals surface area (Å²) < 4.78 is 19.9. The normalized spacial score (nSPS) is 11.9. The molecule has 1 aliphatic heterocycles. The molecule has 5 heteroatoms. The SMILES string of the molecule is C=Cc1ccccc1.O=S(=O)=C1N=CC=N1. The van der Waals surface area contributed by atoms with Gasteiger partial charge >= 0.3 is 0 Å². The zero-order valence-electron chi connectivity index (χ0n) is 8.45. The lowest BCUT2D eigenvalue weighted by Crippen LogP contribution is -1.82. The Bertz CT molecular complexity index is 521. The van der Waals surface area contributed by atoms with Gasteiger partial charge in [0.15, 0.2) is 0 Å². The van der Waals surface area contributed by atoms with E-state index in [4.69, 9.17) is 0 Å². The van der Waals surface area contributed by atoms with Gasteiger partial charge in [0.25, 0.3) is 15.4 Å². The summed E-state index contributed by atoms with van der Waals surface area (Å²) in [7, 11) is -2.27. The fourth-order valence-corrected chi connectivity index (χ4v) is 1.20. The quantitative estimate of drug-likeness (QED) is 0.690. The maximum Gasteiger partial charge on any atom is 0.275 e. The van der Waals surface area contributed by atoms with E-state index in [-0.39, 0.29) is 5.11 Å². The van der Waals surface area contributed by atoms with Gasteiger partial charge in [-0.05, 0) is 5.56 Å². The lowest BCUT2D eigenvalue weighted by Gasteiger charge is -1.85. The Labute approximate surface area is 95.2 Å². The highest BCUT2D eigenvalue weighted by atomic mass is 32.2. The van der Waals surface area contributed by atoms with Crippen LogP contribution in [0.3, 0.4) is 0 Å². The van der Waals surface area contributed by atoms with E-state index in [2.05, 4.69) is 16.6 Å². The Balaban J connectivity index is 0.000000160. The van der Waals surface area contributed by atoms with Crippen molar-refractivity contribution in [2.24, 2.45) is 9.98 Å². The van der Waals surface area contributed by atoms with Gasteiger partial charge in [-0.1, -0.05) is 43.0 Å². The summed E-state index contributed by atoms with van der Waals surface area (Å²) in [5.74, 6) is 0. The molecule has 0 fully saturated rings. The van der Waals surface area contributed by atoms with E-state index in [0.29, 0.717) is 0 Å². The molecule has 1 aromatic carbocycles. The lowest BCUT2D eigenvalue weighted by molar-refractivity contribution is 0.626. The molecule has 0 saturated heterocycles. The molecule has 0 N–H and O–H groups in total. The number of aliphatic imine (C=N–C) groups is 2. The van der Waals surface area contributed by atoms with Crippen molar-refractivity contribution in [2.75, 3.05) is 0 Å². The van der Waals surface area contributed by atoms with Crippen molar-refractivity contribution in [1.29, 1.82) is 0 Å². The highest BCUT2D eigenvalue weighted by molar-refractivity contribution is 7.73. The molecule has 1 aliphatic rings. The third kappa shape index (κ3) is 4.02. The predicted octanol–water partition coefficient (Wildman–Crippen LogP) is 1.44. The molecule has 0 aromatic heterocycles. The minimum atomic E-state index is -2.27. The maximum atomic E-state index is 9.94. The van der Waals surface area contributed by atoms with Gasteiger partial charge in [0.2, 0.25) is 0 Å². The average Bonchev–Trinajstić information content (AvgIpc) is 2.85. The summed E-state index contributed by atoms with van der Waals surface area (Å²) in [5.41, 5.74) is 1.17. The highest BCUT2D eigenvalue weighted by Crippen LogP contribution is 1.97. The number of benzene rings is 1. The summed E-state index contributed by atoms with van der Waals surface area (Å²) in [4.78, 5) is 6.78. The first-order valence-electron chi connectivity index (χ1n) is 4.44. The molecule has 0 bridgehead atoms. The third-order valence-electron chi connectivity index (χ3n) is 1.62. The van der Waals surface area contributed by atoms with Crippen LogP contribution in [0.1, 0.15) is 5.56 Å². The van der Waals surface area contributed by atoms with Crippen LogP contribution >= 0.6 is 0 Å². The van der Waals surface area contributed by atoms with Gasteiger partial charge in [0.1, 0.15) is 0 Å². The van der Waals surface area contributed by atoms with E-state index >= 15 is 0 Å². The number of hydrogen-bond acceptors (Lipinski definition) is 2. The van der Waals surface area contributed by atoms with Gasteiger partial charge in [-0.3, -0.25) is 0 Å². The van der Waals surface area contributed by atoms with Gasteiger partial charge in [-0.2, -0.15) is 8.42 Å². The summed E-state index contributed by atoms with van der Waals surface area (Å²) in [5, 5.41) is -0.148. The van der Waals surface area contributed by atoms with Crippen LogP contribution in [0.15, 0.2) is 46.9 Å². The molecule has 16 heavy (non-hydrogen) atoms. The van der Waals surface area contributed by atoms with Crippen molar-refractivity contribution in [1.82, 2.24) is 0 Å². The summed E-state index contributed by atoms with van der Waals surface area (Å²) >= 11 is 0. The third-order valence-corrected chi connectivity index (χ3v) is 2.13. The molecular formula is C11H10N2O2S. The van der Waals surface area contributed by atoms with E-state index in [0.717, 1.165) is 0 Å². The van der Waals surface area contributed by atoms with Gasteiger partial charge in [0, 0.05) is 12.4 Å². The van der Waals surface area contributed by atoms with Crippen molar-refractivity contribution in [3.8, 4) is 0 Å². The predicted molar refractivity (Wildman–Crippen MR) is 67.4 cm³/mol. The van der Waals surface area contributed by atoms with Crippen LogP contribution in [-0.4, -0.2) is 26.0 Å². The van der Waals surface area contributed by atoms with Crippen molar-refractivity contribution in [2.45, 2.75) is 0 Å². The standard InChI is InChI=1S/C8H8.C3H2N2O2S/c1-2-8-6-4-3-5-7-8;6-8(7)3-4-1-2-5-3/h2-7H,1H2;1-2H. The smallest absolute Gasteiger partial charge is 0.222 e. The molecule has 1 aromatic rings. The fourth-order valence-electron chi connectivity index (χ4n) is 0.903. The van der Waals surface area contributed by atoms with Gasteiger partial charge < -0.3 is 0 Å². The first kappa shape index (κ1) is 12.1. The Hall–Kier alpha value is -2.01. The lowest BCUT2D eigenvalue weighted by atomic mass is 10.2. The monoisotopic (exact) mass is 234 g/mol. The Morgan fingerprint density at radius 2 is 1.62 bits per heavy atom. The second kappa shape index (κ2) is 6.47. The Morgan fingerprint density at radius 3 is 1.94 bits per heavy atom. The van der Waals surface area contributed by atoms with Crippen LogP contribution in [-0.2, 0) is 10.3 Å². The van der Waals surface area contributed by atoms with Crippen LogP contribution in [0.4, 0.5) is 0 Å². The zero-order valence-corrected chi connectivity index (χ0v) is 9.26. The number of rotatable bonds is 1. The van der Waals surface area contributed by atoms with Crippen LogP contribution in [0.25, 0.3) is 6.08 Å². The second-order valence-electron chi connectivity index (χ2n) is 2.69. The molecule has 0 amide bonds. The molecule has 0 aliphatic carbocycles. The molecule has 82 valence electrons. The second-order valence-corrected chi connectivity index (χ2v) is 3.52. The largest absolute Gasteiger partial charge is 0.275 e. The maximum absolute atomic E-state index is 9.94. The highest BCUT2D eigenvalue weighted by Gasteiger charge is 1.94. The van der Waals surface area contributed by atoms with Crippen LogP contribution in [0, 0.1) is 0 Å². The van der Waals surface area contributed by atoms with Crippen LogP contribution in [0.5, 0.6) is 0 Å². The zero-order chi connectivity index (χ0) is 11.8. The first-order valence-corrected chi connectivity index (χ1v) is 5.52. The van der Waals surface area contributed by atoms with Gasteiger partial charge in [0.05, 0.1) is 0 Å². The molecule has 2 rings (SSSR count). The van der Waals surface area contributed by atoms with E-state index in [1.165, 1.54) is 18.0 Å². The van der Waals surface area contributed by atoms with E-state index in [1.54, 1.807) is 0 Å². The van der Waals surface area contributed by atoms with Crippen molar-refractivity contribution in [3.63, 3.8) is 0 Å². The van der Waals surface area contributed by atoms with Crippen LogP contribution in [0.2, 0.25) is 0 Å². The van der Waals surface area contributed by atoms with Crippen LogP contribution < -0.4 is 0 Å². The molecule has 0 unspecified atom stereocenters. The first-order chi connectivity index (χ1) is 7.74. The Morgan fingerprint density at radius 1 is 1.06 bits per heavy atom. The topological polar surface area (TPSA) is 58.9 Å². The van der Waals surface area contributed by atoms with E-state index in [1.807, 2.05) is 36.4 Å². The summed E-state index contributed by atoms with van der Waals surface area (Å²) in [6.07, 6.45) is 4.48. The summed E-state index contributed by atoms with van der Waals surface area (Å²) in [6, 6.07) is 10.0. The van der Waals surface area contributed by atoms with E-state index < -0.39 is 10.3 Å². The van der Waals surface area contributed by atoms with E-state index in [9.17, 15) is 8.42 Å². The van der Waals surface area contributed by atoms with Crippen molar-refractivity contribution < 1.29 is 8.42 Å². The molecular weight excluding hydrogens is 224 g/mol. The minimum Gasteiger partial charge on any atom is -0.222 e. The molecule has 0 spiro atoms. The molecule has 0 saturated carbocycles. The van der Waals surface area contributed by atoms with Gasteiger partial charge in [-0.15, -0.1) is 0 Å². The van der Waals surface area contributed by atoms with Crippen molar-refractivity contribution >= 4 is 33.9 Å². The Kier molecular flexibility index (Phi) is 4.88. The molecule has 0 radical (unpaired) electrons.